The van der Waals surface area contributed by atoms with Gasteiger partial charge in [0.2, 0.25) is 0 Å². The summed E-state index contributed by atoms with van der Waals surface area (Å²) in [5.74, 6) is 0. The van der Waals surface area contributed by atoms with Gasteiger partial charge in [0.05, 0.1) is 51.2 Å². The SMILES string of the molecule is [2H]c1c([2H])c([2H])c(-c2ccc3c(c2)c2cc(-n4c5ccc(C(C)(C)C)cc5c5cc(C(C)(C)C)ccc54)cc4c2n3-c2cc3c(c5c2B4c2cc(C(C)(C)C)cc4c6cc(Nc7ccc(C(C)(C)C)cc7-c7cccc(C(C)(C)C)c7)ccc6n-5c24)c2cccc4c5ccccc5c5ccccc5c5ccccc5n3c42)c([2H])c1[2H]. The maximum Gasteiger partial charge on any atom is 0.252 e. The number of hydrogen-bond donors (Lipinski definition) is 1. The topological polar surface area (TPSA) is 31.2 Å². The molecule has 0 amide bonds. The van der Waals surface area contributed by atoms with Gasteiger partial charge in [0.1, 0.15) is 0 Å². The molecule has 0 radical (unpaired) electrons. The average Bonchev–Trinajstić information content (AvgIpc) is 1.51. The van der Waals surface area contributed by atoms with E-state index in [9.17, 15) is 2.74 Å². The lowest BCUT2D eigenvalue weighted by atomic mass is 9.34. The highest BCUT2D eigenvalue weighted by Crippen LogP contribution is 2.50. The second kappa shape index (κ2) is 22.9. The lowest BCUT2D eigenvalue weighted by Gasteiger charge is -2.35. The zero-order chi connectivity index (χ0) is 79.7. The molecule has 21 rings (SSSR count). The van der Waals surface area contributed by atoms with Crippen molar-refractivity contribution in [2.24, 2.45) is 0 Å². The molecule has 0 spiro atoms. The number of para-hydroxylation sites is 2. The molecule has 0 atom stereocenters. The van der Waals surface area contributed by atoms with E-state index in [-0.39, 0.29) is 63.5 Å². The first kappa shape index (κ1) is 61.1. The van der Waals surface area contributed by atoms with Crippen molar-refractivity contribution in [3.8, 4) is 39.3 Å². The van der Waals surface area contributed by atoms with Crippen LogP contribution in [-0.2, 0) is 27.1 Å². The molecule has 0 unspecified atom stereocenters. The van der Waals surface area contributed by atoms with Crippen LogP contribution in [0.5, 0.6) is 0 Å². The van der Waals surface area contributed by atoms with Gasteiger partial charge in [-0.25, -0.2) is 0 Å². The van der Waals surface area contributed by atoms with Crippen LogP contribution >= 0.6 is 0 Å². The Labute approximate surface area is 650 Å². The van der Waals surface area contributed by atoms with Gasteiger partial charge in [-0.05, 0) is 207 Å². The van der Waals surface area contributed by atoms with Crippen LogP contribution in [0.1, 0.15) is 139 Å². The zero-order valence-corrected chi connectivity index (χ0v) is 65.4. The van der Waals surface area contributed by atoms with E-state index < -0.39 is 6.04 Å². The largest absolute Gasteiger partial charge is 0.355 e. The molecule has 7 heterocycles. The zero-order valence-electron chi connectivity index (χ0n) is 70.4. The quantitative estimate of drug-likeness (QED) is 0.171. The third kappa shape index (κ3) is 9.66. The smallest absolute Gasteiger partial charge is 0.252 e. The van der Waals surface area contributed by atoms with Crippen LogP contribution in [0.15, 0.2) is 267 Å². The number of nitrogens with one attached hydrogen (secondary N) is 1. The van der Waals surface area contributed by atoms with Crippen molar-refractivity contribution in [1.29, 1.82) is 0 Å². The minimum Gasteiger partial charge on any atom is -0.355 e. The van der Waals surface area contributed by atoms with Gasteiger partial charge in [-0.3, -0.25) is 0 Å². The molecule has 19 aromatic rings. The molecule has 2 aliphatic heterocycles. The highest BCUT2D eigenvalue weighted by molar-refractivity contribution is 7.00. The second-order valence-electron chi connectivity index (χ2n) is 36.7. The third-order valence-electron chi connectivity index (χ3n) is 24.7. The van der Waals surface area contributed by atoms with Crippen molar-refractivity contribution in [3.05, 3.63) is 295 Å². The summed E-state index contributed by atoms with van der Waals surface area (Å²) in [7, 11) is 0. The molecule has 6 heteroatoms. The van der Waals surface area contributed by atoms with Crippen LogP contribution in [-0.4, -0.2) is 24.8 Å². The number of fused-ring (bicyclic) bond motifs is 24. The van der Waals surface area contributed by atoms with Gasteiger partial charge >= 0.3 is 0 Å². The maximum atomic E-state index is 9.54. The summed E-state index contributed by atoms with van der Waals surface area (Å²) in [6.45, 7) is 34.3. The lowest BCUT2D eigenvalue weighted by molar-refractivity contribution is 0.589. The average molecular weight is 1430 g/mol. The molecular weight excluding hydrogens is 1330 g/mol. The summed E-state index contributed by atoms with van der Waals surface area (Å²) in [6, 6.07) is 88.4. The molecule has 0 saturated heterocycles. The number of aromatic nitrogens is 4. The predicted octanol–water partition coefficient (Wildman–Crippen LogP) is 26.3. The van der Waals surface area contributed by atoms with E-state index in [1.165, 1.54) is 71.2 Å². The molecule has 0 fully saturated rings. The molecule has 0 bridgehead atoms. The lowest BCUT2D eigenvalue weighted by Crippen LogP contribution is -2.59. The fourth-order valence-electron chi connectivity index (χ4n) is 19.0. The summed E-state index contributed by atoms with van der Waals surface area (Å²) in [5, 5.41) is 19.9. The molecule has 1 N–H and O–H groups in total. The van der Waals surface area contributed by atoms with Gasteiger partial charge < -0.3 is 23.4 Å². The first-order chi connectivity index (χ1) is 54.8. The van der Waals surface area contributed by atoms with E-state index in [0.29, 0.717) is 5.56 Å². The summed E-state index contributed by atoms with van der Waals surface area (Å²) in [4.78, 5) is 0. The number of anilines is 2. The van der Waals surface area contributed by atoms with E-state index in [0.717, 1.165) is 138 Å². The Bertz CT molecular complexity index is 7550. The summed E-state index contributed by atoms with van der Waals surface area (Å²) in [6.07, 6.45) is 0. The molecule has 110 heavy (non-hydrogen) atoms. The normalized spacial score (nSPS) is 14.0. The molecule has 14 aromatic carbocycles. The molecule has 5 aromatic heterocycles. The number of nitrogens with zero attached hydrogens (tertiary/aromatic N) is 4. The summed E-state index contributed by atoms with van der Waals surface area (Å²) < 4.78 is 56.3. The minimum absolute atomic E-state index is 0.0491. The van der Waals surface area contributed by atoms with Crippen LogP contribution in [0, 0.1) is 0 Å². The highest BCUT2D eigenvalue weighted by atomic mass is 15.1. The Morgan fingerprint density at radius 2 is 0.809 bits per heavy atom. The monoisotopic (exact) mass is 1420 g/mol. The van der Waals surface area contributed by atoms with E-state index in [2.05, 4.69) is 358 Å². The van der Waals surface area contributed by atoms with Crippen LogP contribution in [0.2, 0.25) is 0 Å². The molecule has 0 saturated carbocycles. The Kier molecular flexibility index (Phi) is 12.7. The molecule has 0 aliphatic carbocycles. The first-order valence-electron chi connectivity index (χ1n) is 41.7. The standard InChI is InChI=1S/C104H90BN5/c1-100(2,3)63-30-25-29-62(49-63)77-51-64(101(4,5)6)40-44-86(77)106-68-43-48-91-81(56-68)82-54-67(104(13,14)15)55-84-98(82)110(91)99-94-76-37-26-36-75-73-34-22-20-32-71(73)70-31-19-21-33-72(70)74-35-23-24-38-87(74)108(96(75)76)92(94)59-93-95(99)105(84)85-58-69(57-83-78-50-61(60-27-17-16-18-28-60)39-45-90(78)109(93)97(83)85)107-88-46-41-65(102(7,8)9)52-79(88)80-53-66(103(10,11)12)42-47-89(80)107/h16-59,106H,1-15H3/i16D,17D,18D,27D,28D. The summed E-state index contributed by atoms with van der Waals surface area (Å²) >= 11 is 0. The maximum absolute atomic E-state index is 9.54. The Hall–Kier alpha value is -11.9. The van der Waals surface area contributed by atoms with E-state index in [1.807, 2.05) is 6.07 Å². The molecule has 5 nitrogen and oxygen atoms in total. The van der Waals surface area contributed by atoms with Gasteiger partial charge in [0.25, 0.3) is 6.71 Å². The van der Waals surface area contributed by atoms with Crippen molar-refractivity contribution in [2.45, 2.75) is 131 Å². The molecule has 2 aliphatic rings. The van der Waals surface area contributed by atoms with Crippen LogP contribution < -0.4 is 21.7 Å². The molecular formula is C104H90BN5. The van der Waals surface area contributed by atoms with Crippen LogP contribution in [0.3, 0.4) is 0 Å². The number of benzene rings is 14. The van der Waals surface area contributed by atoms with Crippen molar-refractivity contribution in [2.75, 3.05) is 5.32 Å². The van der Waals surface area contributed by atoms with Gasteiger partial charge in [-0.1, -0.05) is 274 Å². The third-order valence-corrected chi connectivity index (χ3v) is 24.7. The second-order valence-corrected chi connectivity index (χ2v) is 36.7. The summed E-state index contributed by atoms with van der Waals surface area (Å²) in [5.41, 5.74) is 27.2. The van der Waals surface area contributed by atoms with Crippen molar-refractivity contribution < 1.29 is 6.85 Å². The number of hydrogen-bond acceptors (Lipinski definition) is 1. The van der Waals surface area contributed by atoms with E-state index in [4.69, 9.17) is 4.11 Å². The van der Waals surface area contributed by atoms with Gasteiger partial charge in [-0.15, -0.1) is 0 Å². The van der Waals surface area contributed by atoms with E-state index >= 15 is 0 Å². The van der Waals surface area contributed by atoms with Crippen LogP contribution in [0.4, 0.5) is 11.4 Å². The van der Waals surface area contributed by atoms with Crippen molar-refractivity contribution in [3.63, 3.8) is 0 Å². The van der Waals surface area contributed by atoms with Gasteiger partial charge in [-0.2, -0.15) is 0 Å². The van der Waals surface area contributed by atoms with Gasteiger partial charge in [0, 0.05) is 93.2 Å². The fraction of sp³-hybridized carbons (Fsp3) is 0.192. The minimum atomic E-state index is -0.418. The fourth-order valence-corrected chi connectivity index (χ4v) is 19.0. The van der Waals surface area contributed by atoms with Crippen molar-refractivity contribution >= 4 is 160 Å². The van der Waals surface area contributed by atoms with Crippen LogP contribution in [0.25, 0.3) is 164 Å². The van der Waals surface area contributed by atoms with Crippen molar-refractivity contribution in [1.82, 2.24) is 18.1 Å². The predicted molar refractivity (Wildman–Crippen MR) is 476 cm³/mol. The van der Waals surface area contributed by atoms with E-state index in [1.54, 1.807) is 0 Å². The first-order valence-corrected chi connectivity index (χ1v) is 39.2. The Morgan fingerprint density at radius 1 is 0.309 bits per heavy atom. The highest BCUT2D eigenvalue weighted by Gasteiger charge is 2.44. The Balaban J connectivity index is 0.957. The molecule has 534 valence electrons. The number of rotatable bonds is 5. The Morgan fingerprint density at radius 3 is 1.48 bits per heavy atom. The van der Waals surface area contributed by atoms with Gasteiger partial charge in [0.15, 0.2) is 0 Å².